The van der Waals surface area contributed by atoms with Gasteiger partial charge < -0.3 is 9.84 Å². The van der Waals surface area contributed by atoms with E-state index in [0.717, 1.165) is 5.56 Å². The number of pyridine rings is 2. The number of halogens is 2. The standard InChI is InChI=1S/C22H23BrClN3O4/c1-22(2,3)31-18(28)12-27-19-14(8-15(23)11-25-19)9-17(21(27)30)20(29)26-10-13-4-6-16(24)7-5-13/h4-9,11,20,26,29H,10,12H2,1-3H3. The summed E-state index contributed by atoms with van der Waals surface area (Å²) in [5.74, 6) is -0.568. The molecule has 9 heteroatoms. The van der Waals surface area contributed by atoms with Crippen LogP contribution < -0.4 is 10.9 Å². The number of aromatic nitrogens is 2. The van der Waals surface area contributed by atoms with Crippen LogP contribution >= 0.6 is 27.5 Å². The van der Waals surface area contributed by atoms with Gasteiger partial charge in [0.15, 0.2) is 0 Å². The Bertz CT molecular complexity index is 1160. The topological polar surface area (TPSA) is 93.5 Å². The minimum Gasteiger partial charge on any atom is -0.459 e. The molecule has 0 aliphatic carbocycles. The summed E-state index contributed by atoms with van der Waals surface area (Å²) in [4.78, 5) is 29.8. The molecule has 0 amide bonds. The van der Waals surface area contributed by atoms with E-state index in [2.05, 4.69) is 26.2 Å². The molecule has 1 unspecified atom stereocenters. The highest BCUT2D eigenvalue weighted by Gasteiger charge is 2.21. The first-order valence-electron chi connectivity index (χ1n) is 9.60. The molecule has 3 rings (SSSR count). The van der Waals surface area contributed by atoms with Gasteiger partial charge in [-0.05, 0) is 66.5 Å². The third-order valence-electron chi connectivity index (χ3n) is 4.34. The monoisotopic (exact) mass is 507 g/mol. The zero-order valence-electron chi connectivity index (χ0n) is 17.4. The Balaban J connectivity index is 1.95. The lowest BCUT2D eigenvalue weighted by molar-refractivity contribution is -0.155. The number of benzene rings is 1. The Morgan fingerprint density at radius 2 is 1.97 bits per heavy atom. The molecule has 31 heavy (non-hydrogen) atoms. The maximum atomic E-state index is 13.2. The molecule has 0 spiro atoms. The summed E-state index contributed by atoms with van der Waals surface area (Å²) in [5, 5.41) is 14.8. The van der Waals surface area contributed by atoms with Crippen LogP contribution in [-0.4, -0.2) is 26.2 Å². The number of carbonyl (C=O) groups is 1. The highest BCUT2D eigenvalue weighted by Crippen LogP contribution is 2.20. The summed E-state index contributed by atoms with van der Waals surface area (Å²) in [6, 6.07) is 10.5. The van der Waals surface area contributed by atoms with E-state index in [1.165, 1.54) is 4.57 Å². The van der Waals surface area contributed by atoms with Crippen molar-refractivity contribution in [3.63, 3.8) is 0 Å². The average molecular weight is 509 g/mol. The van der Waals surface area contributed by atoms with Crippen molar-refractivity contribution in [1.82, 2.24) is 14.9 Å². The van der Waals surface area contributed by atoms with Crippen molar-refractivity contribution in [2.75, 3.05) is 0 Å². The number of nitrogens with zero attached hydrogens (tertiary/aromatic N) is 2. The fourth-order valence-corrected chi connectivity index (χ4v) is 3.51. The Morgan fingerprint density at radius 1 is 1.29 bits per heavy atom. The van der Waals surface area contributed by atoms with Crippen LogP contribution in [0.25, 0.3) is 11.0 Å². The summed E-state index contributed by atoms with van der Waals surface area (Å²) in [6.45, 7) is 5.25. The maximum absolute atomic E-state index is 13.2. The molecule has 0 bridgehead atoms. The van der Waals surface area contributed by atoms with Crippen molar-refractivity contribution in [3.05, 3.63) is 73.6 Å². The fourth-order valence-electron chi connectivity index (χ4n) is 3.03. The normalized spacial score (nSPS) is 12.7. The molecule has 7 nitrogen and oxygen atoms in total. The number of rotatable bonds is 6. The molecule has 0 aliphatic heterocycles. The van der Waals surface area contributed by atoms with Crippen LogP contribution in [0, 0.1) is 0 Å². The van der Waals surface area contributed by atoms with E-state index in [9.17, 15) is 14.7 Å². The second-order valence-corrected chi connectivity index (χ2v) is 9.41. The Hall–Kier alpha value is -2.26. The van der Waals surface area contributed by atoms with E-state index in [1.54, 1.807) is 51.2 Å². The number of carbonyl (C=O) groups excluding carboxylic acids is 1. The number of ether oxygens (including phenoxy) is 1. The molecule has 2 heterocycles. The molecule has 0 saturated carbocycles. The maximum Gasteiger partial charge on any atom is 0.326 e. The lowest BCUT2D eigenvalue weighted by atomic mass is 10.1. The summed E-state index contributed by atoms with van der Waals surface area (Å²) in [5.41, 5.74) is 0.106. The van der Waals surface area contributed by atoms with Gasteiger partial charge in [-0.3, -0.25) is 19.5 Å². The van der Waals surface area contributed by atoms with Gasteiger partial charge in [-0.15, -0.1) is 0 Å². The summed E-state index contributed by atoms with van der Waals surface area (Å²) < 4.78 is 7.29. The quantitative estimate of drug-likeness (QED) is 0.387. The summed E-state index contributed by atoms with van der Waals surface area (Å²) >= 11 is 9.26. The Morgan fingerprint density at radius 3 is 2.61 bits per heavy atom. The van der Waals surface area contributed by atoms with Crippen LogP contribution in [0.1, 0.15) is 38.1 Å². The van der Waals surface area contributed by atoms with E-state index in [1.807, 2.05) is 12.1 Å². The third kappa shape index (κ3) is 6.13. The van der Waals surface area contributed by atoms with Crippen molar-refractivity contribution >= 4 is 44.5 Å². The molecule has 2 aromatic heterocycles. The first-order valence-corrected chi connectivity index (χ1v) is 10.8. The molecule has 0 aliphatic rings. The second-order valence-electron chi connectivity index (χ2n) is 8.05. The van der Waals surface area contributed by atoms with Gasteiger partial charge in [0.2, 0.25) is 0 Å². The van der Waals surface area contributed by atoms with Crippen LogP contribution in [0.4, 0.5) is 0 Å². The lowest BCUT2D eigenvalue weighted by Crippen LogP contribution is -2.35. The molecule has 164 valence electrons. The van der Waals surface area contributed by atoms with Crippen LogP contribution in [0.3, 0.4) is 0 Å². The predicted octanol–water partition coefficient (Wildman–Crippen LogP) is 3.93. The van der Waals surface area contributed by atoms with E-state index in [-0.39, 0.29) is 12.1 Å². The first kappa shape index (κ1) is 23.4. The summed E-state index contributed by atoms with van der Waals surface area (Å²) in [6.07, 6.45) is 0.291. The first-order chi connectivity index (χ1) is 14.5. The number of aliphatic hydroxyl groups is 1. The zero-order valence-corrected chi connectivity index (χ0v) is 19.7. The largest absolute Gasteiger partial charge is 0.459 e. The van der Waals surface area contributed by atoms with Gasteiger partial charge in [-0.25, -0.2) is 4.98 Å². The van der Waals surface area contributed by atoms with Gasteiger partial charge in [-0.2, -0.15) is 0 Å². The van der Waals surface area contributed by atoms with Gasteiger partial charge in [0.05, 0.1) is 5.56 Å². The van der Waals surface area contributed by atoms with Crippen molar-refractivity contribution in [3.8, 4) is 0 Å². The lowest BCUT2D eigenvalue weighted by Gasteiger charge is -2.21. The van der Waals surface area contributed by atoms with Crippen LogP contribution in [0.15, 0.2) is 51.9 Å². The van der Waals surface area contributed by atoms with Gasteiger partial charge in [0, 0.05) is 27.6 Å². The van der Waals surface area contributed by atoms with Crippen LogP contribution in [-0.2, 0) is 22.6 Å². The van der Waals surface area contributed by atoms with Crippen molar-refractivity contribution < 1.29 is 14.6 Å². The number of fused-ring (bicyclic) bond motifs is 1. The van der Waals surface area contributed by atoms with Crippen LogP contribution in [0.2, 0.25) is 5.02 Å². The molecule has 0 saturated heterocycles. The number of aliphatic hydroxyl groups excluding tert-OH is 1. The molecule has 1 atom stereocenters. The smallest absolute Gasteiger partial charge is 0.326 e. The molecule has 2 N–H and O–H groups in total. The number of hydrogen-bond donors (Lipinski definition) is 2. The fraction of sp³-hybridized carbons (Fsp3) is 0.318. The van der Waals surface area contributed by atoms with Crippen molar-refractivity contribution in [1.29, 1.82) is 0 Å². The third-order valence-corrected chi connectivity index (χ3v) is 5.02. The van der Waals surface area contributed by atoms with Crippen molar-refractivity contribution in [2.45, 2.75) is 45.7 Å². The number of esters is 1. The Kier molecular flexibility index (Phi) is 7.16. The molecular weight excluding hydrogens is 486 g/mol. The predicted molar refractivity (Wildman–Crippen MR) is 123 cm³/mol. The molecule has 3 aromatic rings. The van der Waals surface area contributed by atoms with E-state index >= 15 is 0 Å². The molecule has 0 fully saturated rings. The molecule has 0 radical (unpaired) electrons. The van der Waals surface area contributed by atoms with Crippen molar-refractivity contribution in [2.24, 2.45) is 0 Å². The molecule has 1 aromatic carbocycles. The average Bonchev–Trinajstić information content (AvgIpc) is 2.67. The van der Waals surface area contributed by atoms with Crippen LogP contribution in [0.5, 0.6) is 0 Å². The molecular formula is C22H23BrClN3O4. The number of nitrogens with one attached hydrogen (secondary N) is 1. The van der Waals surface area contributed by atoms with Gasteiger partial charge >= 0.3 is 5.97 Å². The van der Waals surface area contributed by atoms with Gasteiger partial charge in [0.1, 0.15) is 24.0 Å². The van der Waals surface area contributed by atoms with E-state index in [4.69, 9.17) is 16.3 Å². The van der Waals surface area contributed by atoms with Gasteiger partial charge in [0.25, 0.3) is 5.56 Å². The highest BCUT2D eigenvalue weighted by atomic mass is 79.9. The summed E-state index contributed by atoms with van der Waals surface area (Å²) in [7, 11) is 0. The minimum absolute atomic E-state index is 0.102. The second kappa shape index (κ2) is 9.48. The highest BCUT2D eigenvalue weighted by molar-refractivity contribution is 9.10. The van der Waals surface area contributed by atoms with E-state index in [0.29, 0.717) is 27.1 Å². The van der Waals surface area contributed by atoms with E-state index < -0.39 is 23.4 Å². The van der Waals surface area contributed by atoms with Gasteiger partial charge in [-0.1, -0.05) is 23.7 Å². The number of hydrogen-bond acceptors (Lipinski definition) is 6. The SMILES string of the molecule is CC(C)(C)OC(=O)Cn1c(=O)c(C(O)NCc2ccc(Cl)cc2)cc2cc(Br)cnc21. The Labute approximate surface area is 193 Å². The minimum atomic E-state index is -1.25. The zero-order chi connectivity index (χ0) is 22.8.